The Morgan fingerprint density at radius 2 is 2.09 bits per heavy atom. The predicted molar refractivity (Wildman–Crippen MR) is 165 cm³/mol. The summed E-state index contributed by atoms with van der Waals surface area (Å²) in [6.07, 6.45) is 0.219. The SMILES string of the molecule is C[n+]1ccc2cc(OC[C@H](O/N=C(\C(=O)N[C@@H]3C(=O)N(OS(=O)(=O)[O-])C3(C)C)c3csc(N)n3)C(=O)O)ccc2c1NCC1CNC1. The number of aryl methyl sites for hydroxylation is 1. The van der Waals surface area contributed by atoms with Crippen LogP contribution in [0.3, 0.4) is 0 Å². The summed E-state index contributed by atoms with van der Waals surface area (Å²) < 4.78 is 44.9. The van der Waals surface area contributed by atoms with Crippen molar-refractivity contribution in [2.75, 3.05) is 37.3 Å². The largest absolute Gasteiger partial charge is 0.724 e. The lowest BCUT2D eigenvalue weighted by molar-refractivity contribution is -0.656. The van der Waals surface area contributed by atoms with Crippen LogP contribution in [0.5, 0.6) is 5.75 Å². The van der Waals surface area contributed by atoms with Crippen molar-refractivity contribution in [3.05, 3.63) is 41.5 Å². The molecule has 0 saturated carbocycles. The van der Waals surface area contributed by atoms with Gasteiger partial charge in [0.2, 0.25) is 10.4 Å². The van der Waals surface area contributed by atoms with Crippen molar-refractivity contribution < 1.29 is 50.9 Å². The summed E-state index contributed by atoms with van der Waals surface area (Å²) in [6, 6.07) is 5.86. The molecule has 18 nitrogen and oxygen atoms in total. The van der Waals surface area contributed by atoms with Crippen LogP contribution in [0.15, 0.2) is 41.0 Å². The van der Waals surface area contributed by atoms with Crippen LogP contribution in [0.25, 0.3) is 10.8 Å². The molecule has 2 aliphatic heterocycles. The van der Waals surface area contributed by atoms with Gasteiger partial charge in [0.15, 0.2) is 10.8 Å². The van der Waals surface area contributed by atoms with Crippen LogP contribution in [0, 0.1) is 5.92 Å². The van der Waals surface area contributed by atoms with Crippen molar-refractivity contribution >= 4 is 67.0 Å². The third-order valence-electron chi connectivity index (χ3n) is 7.58. The van der Waals surface area contributed by atoms with Gasteiger partial charge in [-0.05, 0) is 43.5 Å². The standard InChI is InChI=1S/C27H32N8O10S2/c1-27(2)21(24(37)35(27)45-47(40,41)42)32-23(36)20(18-13-46-26(28)31-18)33-44-19(25(38)39)12-43-16-4-5-17-15(8-16)6-7-34(3)22(17)30-11-14-9-29-10-14/h4-8,13-14,19,21,29H,9-12H2,1-3H3,(H5,28,31,32,36,38,39,40,41,42)/b33-20-/t19-,21+/m0/s1. The van der Waals surface area contributed by atoms with Crippen LogP contribution in [0.1, 0.15) is 19.5 Å². The summed E-state index contributed by atoms with van der Waals surface area (Å²) >= 11 is 0.959. The average Bonchev–Trinajstić information content (AvgIpc) is 3.41. The van der Waals surface area contributed by atoms with Crippen LogP contribution < -0.4 is 31.0 Å². The number of aromatic nitrogens is 2. The smallest absolute Gasteiger partial charge is 0.351 e. The molecule has 2 aromatic heterocycles. The fourth-order valence-electron chi connectivity index (χ4n) is 4.85. The van der Waals surface area contributed by atoms with Crippen molar-refractivity contribution in [1.29, 1.82) is 0 Å². The van der Waals surface area contributed by atoms with Gasteiger partial charge in [-0.25, -0.2) is 22.8 Å². The first kappa shape index (κ1) is 33.7. The van der Waals surface area contributed by atoms with Crippen LogP contribution in [0.4, 0.5) is 10.9 Å². The van der Waals surface area contributed by atoms with Crippen LogP contribution >= 0.6 is 11.3 Å². The summed E-state index contributed by atoms with van der Waals surface area (Å²) in [5.74, 6) is -1.66. The zero-order valence-corrected chi connectivity index (χ0v) is 27.0. The van der Waals surface area contributed by atoms with Crippen LogP contribution in [-0.2, 0) is 41.0 Å². The molecule has 2 atom stereocenters. The van der Waals surface area contributed by atoms with Gasteiger partial charge in [0.1, 0.15) is 24.1 Å². The van der Waals surface area contributed by atoms with Crippen molar-refractivity contribution in [2.45, 2.75) is 31.5 Å². The maximum atomic E-state index is 13.2. The summed E-state index contributed by atoms with van der Waals surface area (Å²) in [6.45, 7) is 4.93. The molecule has 0 radical (unpaired) electrons. The number of thiazole rings is 1. The Kier molecular flexibility index (Phi) is 9.50. The van der Waals surface area contributed by atoms with Crippen molar-refractivity contribution in [1.82, 2.24) is 20.7 Å². The highest BCUT2D eigenvalue weighted by Gasteiger charge is 2.57. The number of anilines is 2. The van der Waals surface area contributed by atoms with Crippen molar-refractivity contribution in [2.24, 2.45) is 18.1 Å². The van der Waals surface area contributed by atoms with Gasteiger partial charge in [-0.1, -0.05) is 5.16 Å². The lowest BCUT2D eigenvalue weighted by atomic mass is 9.84. The van der Waals surface area contributed by atoms with E-state index in [4.69, 9.17) is 15.3 Å². The molecular weight excluding hydrogens is 660 g/mol. The minimum absolute atomic E-state index is 0.0576. The Labute approximate surface area is 272 Å². The summed E-state index contributed by atoms with van der Waals surface area (Å²) in [5.41, 5.74) is 3.63. The predicted octanol–water partition coefficient (Wildman–Crippen LogP) is -0.915. The lowest BCUT2D eigenvalue weighted by Crippen LogP contribution is -2.76. The number of pyridine rings is 1. The van der Waals surface area contributed by atoms with Crippen LogP contribution in [-0.4, -0.2) is 95.5 Å². The van der Waals surface area contributed by atoms with Gasteiger partial charge in [0, 0.05) is 24.4 Å². The topological polar surface area (TPSA) is 251 Å². The number of oxime groups is 1. The zero-order chi connectivity index (χ0) is 34.1. The molecule has 0 spiro atoms. The van der Waals surface area contributed by atoms with Crippen molar-refractivity contribution in [3.8, 4) is 5.75 Å². The van der Waals surface area contributed by atoms with E-state index in [-0.39, 0.29) is 10.8 Å². The number of amides is 2. The molecule has 5 rings (SSSR count). The highest BCUT2D eigenvalue weighted by molar-refractivity contribution is 7.80. The number of ether oxygens (including phenoxy) is 1. The number of carbonyl (C=O) groups is 3. The molecule has 0 aliphatic carbocycles. The van der Waals surface area contributed by atoms with Gasteiger partial charge in [0.05, 0.1) is 30.7 Å². The monoisotopic (exact) mass is 692 g/mol. The highest BCUT2D eigenvalue weighted by Crippen LogP contribution is 2.33. The number of benzene rings is 1. The minimum atomic E-state index is -5.26. The molecule has 252 valence electrons. The first-order valence-electron chi connectivity index (χ1n) is 14.1. The van der Waals surface area contributed by atoms with E-state index >= 15 is 0 Å². The van der Waals surface area contributed by atoms with E-state index in [1.54, 1.807) is 12.1 Å². The van der Waals surface area contributed by atoms with E-state index < -0.39 is 58.2 Å². The first-order valence-corrected chi connectivity index (χ1v) is 16.3. The number of fused-ring (bicyclic) bond motifs is 1. The molecule has 6 N–H and O–H groups in total. The highest BCUT2D eigenvalue weighted by atomic mass is 32.3. The van der Waals surface area contributed by atoms with E-state index in [1.807, 2.05) is 29.9 Å². The summed E-state index contributed by atoms with van der Waals surface area (Å²) in [4.78, 5) is 47.0. The lowest BCUT2D eigenvalue weighted by Gasteiger charge is -2.51. The van der Waals surface area contributed by atoms with Gasteiger partial charge < -0.3 is 35.6 Å². The number of carboxylic acids is 1. The number of carboxylic acid groups (broad SMARTS) is 1. The number of hydrogen-bond acceptors (Lipinski definition) is 15. The summed E-state index contributed by atoms with van der Waals surface area (Å²) in [5, 5.41) is 26.2. The molecule has 0 bridgehead atoms. The minimum Gasteiger partial charge on any atom is -0.724 e. The van der Waals surface area contributed by atoms with Gasteiger partial charge >= 0.3 is 5.97 Å². The van der Waals surface area contributed by atoms with E-state index in [2.05, 4.69) is 30.4 Å². The second-order valence-electron chi connectivity index (χ2n) is 11.4. The molecule has 2 amide bonds. The average molecular weight is 693 g/mol. The number of aliphatic carboxylic acids is 1. The maximum Gasteiger partial charge on any atom is 0.351 e. The Balaban J connectivity index is 1.29. The molecule has 1 aromatic carbocycles. The normalized spacial score (nSPS) is 18.6. The molecule has 2 fully saturated rings. The quantitative estimate of drug-likeness (QED) is 0.0343. The number of rotatable bonds is 14. The van der Waals surface area contributed by atoms with Crippen molar-refractivity contribution in [3.63, 3.8) is 0 Å². The molecule has 3 aromatic rings. The fraction of sp³-hybridized carbons (Fsp3) is 0.407. The number of nitrogen functional groups attached to an aromatic ring is 1. The van der Waals surface area contributed by atoms with Gasteiger partial charge in [-0.2, -0.15) is 9.35 Å². The van der Waals surface area contributed by atoms with E-state index in [9.17, 15) is 32.5 Å². The number of nitrogens with zero attached hydrogens (tertiary/aromatic N) is 4. The number of nitrogens with two attached hydrogens (primary N) is 1. The number of carbonyl (C=O) groups excluding carboxylic acids is 2. The number of hydrogen-bond donors (Lipinski definition) is 5. The molecule has 4 heterocycles. The maximum absolute atomic E-state index is 13.2. The van der Waals surface area contributed by atoms with E-state index in [1.165, 1.54) is 19.2 Å². The molecule has 2 aliphatic rings. The Morgan fingerprint density at radius 1 is 1.34 bits per heavy atom. The van der Waals surface area contributed by atoms with E-state index in [0.29, 0.717) is 16.7 Å². The molecular formula is C27H32N8O10S2. The summed E-state index contributed by atoms with van der Waals surface area (Å²) in [7, 11) is -3.33. The zero-order valence-electron chi connectivity index (χ0n) is 25.3. The van der Waals surface area contributed by atoms with Gasteiger partial charge in [-0.15, -0.1) is 11.3 Å². The molecule has 2 saturated heterocycles. The Morgan fingerprint density at radius 3 is 2.68 bits per heavy atom. The molecule has 47 heavy (non-hydrogen) atoms. The third kappa shape index (κ3) is 7.52. The third-order valence-corrected chi connectivity index (χ3v) is 8.58. The van der Waals surface area contributed by atoms with Gasteiger partial charge in [0.25, 0.3) is 23.7 Å². The molecule has 20 heteroatoms. The Bertz CT molecular complexity index is 1840. The number of hydroxylamine groups is 2. The number of nitrogens with one attached hydrogen (secondary N) is 3. The number of β-lactam (4-membered cyclic amide) rings is 1. The fourth-order valence-corrected chi connectivity index (χ4v) is 5.84. The van der Waals surface area contributed by atoms with Gasteiger partial charge in [-0.3, -0.25) is 14.9 Å². The Hall–Kier alpha value is -4.63. The van der Waals surface area contributed by atoms with Crippen LogP contribution in [0.2, 0.25) is 0 Å². The van der Waals surface area contributed by atoms with E-state index in [0.717, 1.165) is 47.6 Å². The second-order valence-corrected chi connectivity index (χ2v) is 13.2. The first-order chi connectivity index (χ1) is 22.1. The molecule has 0 unspecified atom stereocenters. The second kappa shape index (κ2) is 13.2.